The maximum absolute atomic E-state index is 12.4. The van der Waals surface area contributed by atoms with Gasteiger partial charge in [0.25, 0.3) is 0 Å². The van der Waals surface area contributed by atoms with Gasteiger partial charge in [-0.3, -0.25) is 4.98 Å². The van der Waals surface area contributed by atoms with Gasteiger partial charge in [0.1, 0.15) is 6.07 Å². The fourth-order valence-corrected chi connectivity index (χ4v) is 3.04. The van der Waals surface area contributed by atoms with Crippen molar-refractivity contribution in [2.75, 3.05) is 14.2 Å². The summed E-state index contributed by atoms with van der Waals surface area (Å²) >= 11 is 12.6. The Kier molecular flexibility index (Phi) is 5.79. The molecule has 0 bridgehead atoms. The van der Waals surface area contributed by atoms with Gasteiger partial charge in [0.15, 0.2) is 0 Å². The second-order valence-electron chi connectivity index (χ2n) is 4.90. The molecular formula is C17H14Cl2N2O3. The van der Waals surface area contributed by atoms with Gasteiger partial charge in [-0.2, -0.15) is 5.26 Å². The number of pyridine rings is 1. The predicted molar refractivity (Wildman–Crippen MR) is 91.2 cm³/mol. The normalized spacial score (nSPS) is 10.3. The standard InChI is InChI=1S/C17H14Cl2N2O3/c1-9-10(7-20)14(15-11(18)5-4-6-12(15)19)16(17(22)24-3)13(21-9)8-23-2/h4-6H,8H2,1-3H3. The van der Waals surface area contributed by atoms with Crippen molar-refractivity contribution >= 4 is 29.2 Å². The van der Waals surface area contributed by atoms with Gasteiger partial charge >= 0.3 is 5.97 Å². The summed E-state index contributed by atoms with van der Waals surface area (Å²) in [5.41, 5.74) is 1.83. The van der Waals surface area contributed by atoms with E-state index in [2.05, 4.69) is 11.1 Å². The number of carbonyl (C=O) groups is 1. The lowest BCUT2D eigenvalue weighted by atomic mass is 9.92. The van der Waals surface area contributed by atoms with Crippen molar-refractivity contribution in [3.8, 4) is 17.2 Å². The third-order valence-corrected chi connectivity index (χ3v) is 4.08. The summed E-state index contributed by atoms with van der Waals surface area (Å²) < 4.78 is 10.00. The predicted octanol–water partition coefficient (Wildman–Crippen LogP) is 4.17. The van der Waals surface area contributed by atoms with E-state index in [1.165, 1.54) is 14.2 Å². The van der Waals surface area contributed by atoms with Gasteiger partial charge < -0.3 is 9.47 Å². The van der Waals surface area contributed by atoms with Gasteiger partial charge in [0, 0.05) is 28.3 Å². The second-order valence-corrected chi connectivity index (χ2v) is 5.72. The number of aryl methyl sites for hydroxylation is 1. The first-order valence-electron chi connectivity index (χ1n) is 6.91. The van der Waals surface area contributed by atoms with Crippen molar-refractivity contribution < 1.29 is 14.3 Å². The molecule has 5 nitrogen and oxygen atoms in total. The van der Waals surface area contributed by atoms with Crippen LogP contribution in [0.2, 0.25) is 10.0 Å². The summed E-state index contributed by atoms with van der Waals surface area (Å²) in [6.45, 7) is 1.75. The Labute approximate surface area is 149 Å². The Balaban J connectivity index is 3.01. The quantitative estimate of drug-likeness (QED) is 0.761. The van der Waals surface area contributed by atoms with E-state index in [0.29, 0.717) is 32.6 Å². The summed E-state index contributed by atoms with van der Waals surface area (Å²) in [6, 6.07) is 7.03. The molecule has 1 aromatic heterocycles. The first-order valence-corrected chi connectivity index (χ1v) is 7.67. The van der Waals surface area contributed by atoms with Crippen LogP contribution in [-0.4, -0.2) is 25.2 Å². The van der Waals surface area contributed by atoms with E-state index in [1.54, 1.807) is 25.1 Å². The molecule has 0 N–H and O–H groups in total. The largest absolute Gasteiger partial charge is 0.465 e. The third-order valence-electron chi connectivity index (χ3n) is 3.45. The SMILES string of the molecule is COCc1nc(C)c(C#N)c(-c2c(Cl)cccc2Cl)c1C(=O)OC. The number of methoxy groups -OCH3 is 2. The molecule has 1 aromatic carbocycles. The number of hydrogen-bond acceptors (Lipinski definition) is 5. The molecule has 0 aliphatic rings. The molecule has 0 amide bonds. The van der Waals surface area contributed by atoms with Crippen molar-refractivity contribution in [1.82, 2.24) is 4.98 Å². The van der Waals surface area contributed by atoms with Crippen LogP contribution in [0, 0.1) is 18.3 Å². The van der Waals surface area contributed by atoms with Crippen molar-refractivity contribution in [2.45, 2.75) is 13.5 Å². The highest BCUT2D eigenvalue weighted by Gasteiger charge is 2.27. The minimum absolute atomic E-state index is 0.0754. The van der Waals surface area contributed by atoms with Crippen molar-refractivity contribution in [1.29, 1.82) is 5.26 Å². The zero-order valence-corrected chi connectivity index (χ0v) is 14.8. The summed E-state index contributed by atoms with van der Waals surface area (Å²) in [6.07, 6.45) is 0. The number of rotatable bonds is 4. The van der Waals surface area contributed by atoms with Crippen LogP contribution < -0.4 is 0 Å². The lowest BCUT2D eigenvalue weighted by Crippen LogP contribution is -2.14. The number of aromatic nitrogens is 1. The van der Waals surface area contributed by atoms with E-state index < -0.39 is 5.97 Å². The highest BCUT2D eigenvalue weighted by molar-refractivity contribution is 6.39. The van der Waals surface area contributed by atoms with E-state index >= 15 is 0 Å². The molecule has 0 unspecified atom stereocenters. The van der Waals surface area contributed by atoms with Gasteiger partial charge in [-0.05, 0) is 19.1 Å². The fourth-order valence-electron chi connectivity index (χ4n) is 2.45. The van der Waals surface area contributed by atoms with Gasteiger partial charge in [0.2, 0.25) is 0 Å². The van der Waals surface area contributed by atoms with Crippen LogP contribution >= 0.6 is 23.2 Å². The highest BCUT2D eigenvalue weighted by Crippen LogP contribution is 2.40. The first-order chi connectivity index (χ1) is 11.5. The fraction of sp³-hybridized carbons (Fsp3) is 0.235. The van der Waals surface area contributed by atoms with E-state index in [-0.39, 0.29) is 17.7 Å². The molecule has 2 rings (SSSR count). The van der Waals surface area contributed by atoms with E-state index in [1.807, 2.05) is 0 Å². The molecule has 0 fully saturated rings. The van der Waals surface area contributed by atoms with Crippen LogP contribution in [0.25, 0.3) is 11.1 Å². The Morgan fingerprint density at radius 3 is 2.38 bits per heavy atom. The van der Waals surface area contributed by atoms with Crippen molar-refractivity contribution in [2.24, 2.45) is 0 Å². The number of nitrogens with zero attached hydrogens (tertiary/aromatic N) is 2. The van der Waals surface area contributed by atoms with E-state index in [4.69, 9.17) is 32.7 Å². The monoisotopic (exact) mass is 364 g/mol. The Bertz CT molecular complexity index is 824. The Morgan fingerprint density at radius 1 is 1.25 bits per heavy atom. The summed E-state index contributed by atoms with van der Waals surface area (Å²) in [4.78, 5) is 16.7. The maximum atomic E-state index is 12.4. The average molecular weight is 365 g/mol. The van der Waals surface area contributed by atoms with Crippen LogP contribution in [0.3, 0.4) is 0 Å². The molecule has 0 spiro atoms. The van der Waals surface area contributed by atoms with Crippen LogP contribution in [0.1, 0.15) is 27.3 Å². The number of benzene rings is 1. The average Bonchev–Trinajstić information content (AvgIpc) is 2.54. The number of esters is 1. The Hall–Kier alpha value is -2.13. The van der Waals surface area contributed by atoms with Crippen molar-refractivity contribution in [3.05, 3.63) is 50.8 Å². The van der Waals surface area contributed by atoms with Gasteiger partial charge in [-0.1, -0.05) is 29.3 Å². The Morgan fingerprint density at radius 2 is 1.88 bits per heavy atom. The number of hydrogen-bond donors (Lipinski definition) is 0. The number of nitriles is 1. The highest BCUT2D eigenvalue weighted by atomic mass is 35.5. The maximum Gasteiger partial charge on any atom is 0.340 e. The number of halogens is 2. The zero-order chi connectivity index (χ0) is 17.9. The minimum Gasteiger partial charge on any atom is -0.465 e. The summed E-state index contributed by atoms with van der Waals surface area (Å²) in [7, 11) is 2.74. The summed E-state index contributed by atoms with van der Waals surface area (Å²) in [5.74, 6) is -0.642. The molecule has 2 aromatic rings. The molecule has 0 saturated heterocycles. The molecule has 0 atom stereocenters. The molecular weight excluding hydrogens is 351 g/mol. The molecule has 24 heavy (non-hydrogen) atoms. The van der Waals surface area contributed by atoms with Gasteiger partial charge in [-0.15, -0.1) is 0 Å². The molecule has 0 saturated carbocycles. The topological polar surface area (TPSA) is 72.2 Å². The van der Waals surface area contributed by atoms with E-state index in [0.717, 1.165) is 0 Å². The van der Waals surface area contributed by atoms with Gasteiger partial charge in [-0.25, -0.2) is 4.79 Å². The zero-order valence-electron chi connectivity index (χ0n) is 13.3. The van der Waals surface area contributed by atoms with Gasteiger partial charge in [0.05, 0.1) is 36.2 Å². The van der Waals surface area contributed by atoms with Crippen LogP contribution in [0.4, 0.5) is 0 Å². The lowest BCUT2D eigenvalue weighted by Gasteiger charge is -2.17. The second kappa shape index (κ2) is 7.63. The molecule has 0 aliphatic carbocycles. The number of ether oxygens (including phenoxy) is 2. The molecule has 7 heteroatoms. The number of carbonyl (C=O) groups excluding carboxylic acids is 1. The molecule has 0 radical (unpaired) electrons. The van der Waals surface area contributed by atoms with Crippen LogP contribution in [0.5, 0.6) is 0 Å². The van der Waals surface area contributed by atoms with Crippen LogP contribution in [-0.2, 0) is 16.1 Å². The van der Waals surface area contributed by atoms with Crippen LogP contribution in [0.15, 0.2) is 18.2 Å². The molecule has 124 valence electrons. The third kappa shape index (κ3) is 3.22. The summed E-state index contributed by atoms with van der Waals surface area (Å²) in [5, 5.41) is 10.2. The van der Waals surface area contributed by atoms with Crippen molar-refractivity contribution in [3.63, 3.8) is 0 Å². The molecule has 1 heterocycles. The lowest BCUT2D eigenvalue weighted by molar-refractivity contribution is 0.0595. The minimum atomic E-state index is -0.642. The first kappa shape index (κ1) is 18.2. The molecule has 0 aliphatic heterocycles. The van der Waals surface area contributed by atoms with E-state index in [9.17, 15) is 10.1 Å². The smallest absolute Gasteiger partial charge is 0.340 e.